The van der Waals surface area contributed by atoms with Crippen LogP contribution in [-0.4, -0.2) is 49.9 Å². The van der Waals surface area contributed by atoms with E-state index in [1.165, 1.54) is 27.8 Å². The predicted molar refractivity (Wildman–Crippen MR) is 139 cm³/mol. The summed E-state index contributed by atoms with van der Waals surface area (Å²) < 4.78 is 13.5. The Morgan fingerprint density at radius 2 is 1.30 bits per heavy atom. The fraction of sp³-hybridized carbons (Fsp3) is 0.333. The number of aliphatic hydroxyl groups excluding tert-OH is 2. The van der Waals surface area contributed by atoms with Gasteiger partial charge in [-0.05, 0) is 70.5 Å². The Balaban J connectivity index is 1.84. The normalized spacial score (nSPS) is 13.7. The van der Waals surface area contributed by atoms with Crippen LogP contribution in [0.5, 0.6) is 0 Å². The molecular formula is C27H28Br2O4. The molecule has 0 aromatic heterocycles. The van der Waals surface area contributed by atoms with Crippen molar-refractivity contribution in [3.05, 3.63) is 80.7 Å². The monoisotopic (exact) mass is 574 g/mol. The van der Waals surface area contributed by atoms with Gasteiger partial charge in [-0.2, -0.15) is 0 Å². The summed E-state index contributed by atoms with van der Waals surface area (Å²) in [6.07, 6.45) is 1.53. The average molecular weight is 576 g/mol. The van der Waals surface area contributed by atoms with E-state index >= 15 is 0 Å². The van der Waals surface area contributed by atoms with E-state index in [0.717, 1.165) is 27.4 Å². The highest BCUT2D eigenvalue weighted by Crippen LogP contribution is 2.55. The van der Waals surface area contributed by atoms with Crippen LogP contribution in [0.25, 0.3) is 22.3 Å². The second-order valence-corrected chi connectivity index (χ2v) is 9.96. The van der Waals surface area contributed by atoms with Gasteiger partial charge in [0.05, 0.1) is 26.4 Å². The summed E-state index contributed by atoms with van der Waals surface area (Å²) in [5.74, 6) is 0. The van der Waals surface area contributed by atoms with Crippen LogP contribution in [0.2, 0.25) is 0 Å². The second-order valence-electron chi connectivity index (χ2n) is 8.19. The fourth-order valence-corrected chi connectivity index (χ4v) is 5.75. The van der Waals surface area contributed by atoms with Crippen LogP contribution < -0.4 is 0 Å². The molecule has 0 unspecified atom stereocenters. The SMILES string of the molecule is OCCOCCC1(CCOCCO)c2cc(Br)ccc2-c2cc(-c3ccccc3)c(Br)cc21. The first kappa shape index (κ1) is 24.6. The van der Waals surface area contributed by atoms with E-state index in [4.69, 9.17) is 19.7 Å². The smallest absolute Gasteiger partial charge is 0.0697 e. The summed E-state index contributed by atoms with van der Waals surface area (Å²) in [6.45, 7) is 1.74. The molecule has 1 aliphatic carbocycles. The molecule has 1 aliphatic rings. The zero-order valence-corrected chi connectivity index (χ0v) is 21.6. The maximum atomic E-state index is 9.17. The van der Waals surface area contributed by atoms with E-state index < -0.39 is 0 Å². The van der Waals surface area contributed by atoms with Crippen molar-refractivity contribution in [1.82, 2.24) is 0 Å². The van der Waals surface area contributed by atoms with Crippen molar-refractivity contribution >= 4 is 31.9 Å². The van der Waals surface area contributed by atoms with E-state index in [2.05, 4.69) is 86.5 Å². The summed E-state index contributed by atoms with van der Waals surface area (Å²) >= 11 is 7.52. The number of rotatable bonds is 11. The lowest BCUT2D eigenvalue weighted by molar-refractivity contribution is 0.0646. The van der Waals surface area contributed by atoms with Crippen molar-refractivity contribution in [1.29, 1.82) is 0 Å². The lowest BCUT2D eigenvalue weighted by Gasteiger charge is -2.33. The molecule has 0 amide bonds. The average Bonchev–Trinajstić information content (AvgIpc) is 3.08. The fourth-order valence-electron chi connectivity index (χ4n) is 4.81. The number of ether oxygens (including phenoxy) is 2. The highest BCUT2D eigenvalue weighted by Gasteiger charge is 2.43. The van der Waals surface area contributed by atoms with Crippen molar-refractivity contribution in [2.24, 2.45) is 0 Å². The Labute approximate surface area is 211 Å². The number of aliphatic hydroxyl groups is 2. The van der Waals surface area contributed by atoms with Crippen LogP contribution in [-0.2, 0) is 14.9 Å². The maximum Gasteiger partial charge on any atom is 0.0697 e. The molecule has 0 bridgehead atoms. The zero-order chi connectivity index (χ0) is 23.3. The summed E-state index contributed by atoms with van der Waals surface area (Å²) in [5.41, 5.74) is 6.99. The molecular weight excluding hydrogens is 548 g/mol. The van der Waals surface area contributed by atoms with E-state index in [1.54, 1.807) is 0 Å². The van der Waals surface area contributed by atoms with Crippen molar-refractivity contribution in [3.63, 3.8) is 0 Å². The van der Waals surface area contributed by atoms with Gasteiger partial charge in [0.15, 0.2) is 0 Å². The Morgan fingerprint density at radius 1 is 0.667 bits per heavy atom. The maximum absolute atomic E-state index is 9.17. The van der Waals surface area contributed by atoms with Crippen LogP contribution >= 0.6 is 31.9 Å². The molecule has 3 aromatic carbocycles. The molecule has 0 saturated carbocycles. The summed E-state index contributed by atoms with van der Waals surface area (Å²) in [5, 5.41) is 18.3. The summed E-state index contributed by atoms with van der Waals surface area (Å²) in [6, 6.07) is 21.4. The third-order valence-corrected chi connectivity index (χ3v) is 7.46. The molecule has 0 saturated heterocycles. The summed E-state index contributed by atoms with van der Waals surface area (Å²) in [4.78, 5) is 0. The van der Waals surface area contributed by atoms with Crippen LogP contribution in [0, 0.1) is 0 Å². The van der Waals surface area contributed by atoms with Gasteiger partial charge in [0, 0.05) is 27.6 Å². The van der Waals surface area contributed by atoms with E-state index in [9.17, 15) is 0 Å². The topological polar surface area (TPSA) is 58.9 Å². The molecule has 4 rings (SSSR count). The van der Waals surface area contributed by atoms with Gasteiger partial charge >= 0.3 is 0 Å². The largest absolute Gasteiger partial charge is 0.394 e. The molecule has 6 heteroatoms. The minimum Gasteiger partial charge on any atom is -0.394 e. The third-order valence-electron chi connectivity index (χ3n) is 6.31. The molecule has 3 aromatic rings. The Kier molecular flexibility index (Phi) is 8.38. The molecule has 0 spiro atoms. The van der Waals surface area contributed by atoms with Gasteiger partial charge in [-0.3, -0.25) is 0 Å². The second kappa shape index (κ2) is 11.3. The van der Waals surface area contributed by atoms with Gasteiger partial charge in [-0.15, -0.1) is 0 Å². The van der Waals surface area contributed by atoms with Crippen molar-refractivity contribution in [2.45, 2.75) is 18.3 Å². The van der Waals surface area contributed by atoms with Crippen LogP contribution in [0.1, 0.15) is 24.0 Å². The number of halogens is 2. The van der Waals surface area contributed by atoms with E-state index in [1.807, 2.05) is 6.07 Å². The summed E-state index contributed by atoms with van der Waals surface area (Å²) in [7, 11) is 0. The Morgan fingerprint density at radius 3 is 1.94 bits per heavy atom. The first-order valence-corrected chi connectivity index (χ1v) is 12.8. The molecule has 0 radical (unpaired) electrons. The van der Waals surface area contributed by atoms with Crippen LogP contribution in [0.3, 0.4) is 0 Å². The van der Waals surface area contributed by atoms with Crippen molar-refractivity contribution < 1.29 is 19.7 Å². The van der Waals surface area contributed by atoms with E-state index in [-0.39, 0.29) is 18.6 Å². The quantitative estimate of drug-likeness (QED) is 0.278. The highest BCUT2D eigenvalue weighted by molar-refractivity contribution is 9.10. The third kappa shape index (κ3) is 5.11. The molecule has 4 nitrogen and oxygen atoms in total. The standard InChI is InChI=1S/C27H28Br2O4/c28-20-6-7-21-23-17-22(19-4-2-1-3-5-19)26(29)18-25(23)27(24(21)16-20,8-12-32-14-10-30)9-13-33-15-11-31/h1-7,16-18,30-31H,8-15H2. The lowest BCUT2D eigenvalue weighted by atomic mass is 9.73. The minimum absolute atomic E-state index is 0.0112. The predicted octanol–water partition coefficient (Wildman–Crippen LogP) is 5.94. The van der Waals surface area contributed by atoms with E-state index in [0.29, 0.717) is 26.4 Å². The van der Waals surface area contributed by atoms with Crippen LogP contribution in [0.4, 0.5) is 0 Å². The van der Waals surface area contributed by atoms with Gasteiger partial charge in [-0.25, -0.2) is 0 Å². The number of hydrogen-bond donors (Lipinski definition) is 2. The number of hydrogen-bond acceptors (Lipinski definition) is 4. The first-order chi connectivity index (χ1) is 16.1. The van der Waals surface area contributed by atoms with Crippen molar-refractivity contribution in [2.75, 3.05) is 39.6 Å². The van der Waals surface area contributed by atoms with Gasteiger partial charge in [-0.1, -0.05) is 68.3 Å². The molecule has 0 aliphatic heterocycles. The Bertz CT molecular complexity index is 1070. The molecule has 0 atom stereocenters. The number of benzene rings is 3. The van der Waals surface area contributed by atoms with Gasteiger partial charge in [0.1, 0.15) is 0 Å². The first-order valence-electron chi connectivity index (χ1n) is 11.2. The molecule has 2 N–H and O–H groups in total. The van der Waals surface area contributed by atoms with Crippen molar-refractivity contribution in [3.8, 4) is 22.3 Å². The van der Waals surface area contributed by atoms with Gasteiger partial charge in [0.2, 0.25) is 0 Å². The highest BCUT2D eigenvalue weighted by atomic mass is 79.9. The Hall–Kier alpha value is -1.54. The van der Waals surface area contributed by atoms with Crippen LogP contribution in [0.15, 0.2) is 69.6 Å². The van der Waals surface area contributed by atoms with Gasteiger partial charge < -0.3 is 19.7 Å². The number of fused-ring (bicyclic) bond motifs is 3. The zero-order valence-electron chi connectivity index (χ0n) is 18.4. The van der Waals surface area contributed by atoms with Gasteiger partial charge in [0.25, 0.3) is 0 Å². The molecule has 0 fully saturated rings. The molecule has 174 valence electrons. The molecule has 33 heavy (non-hydrogen) atoms. The lowest BCUT2D eigenvalue weighted by Crippen LogP contribution is -2.29. The molecule has 0 heterocycles. The minimum atomic E-state index is -0.295.